The maximum atomic E-state index is 15.2. The van der Waals surface area contributed by atoms with Crippen molar-refractivity contribution in [1.29, 1.82) is 0 Å². The van der Waals surface area contributed by atoms with Gasteiger partial charge in [0, 0.05) is 48.6 Å². The fourth-order valence-corrected chi connectivity index (χ4v) is 3.59. The maximum absolute atomic E-state index is 15.2. The molecule has 0 unspecified atom stereocenters. The highest BCUT2D eigenvalue weighted by Gasteiger charge is 2.15. The lowest BCUT2D eigenvalue weighted by atomic mass is 10.0. The molecule has 136 valence electrons. The van der Waals surface area contributed by atoms with E-state index >= 15 is 4.39 Å². The Balaban J connectivity index is 1.78. The lowest BCUT2D eigenvalue weighted by Gasteiger charge is -2.08. The van der Waals surface area contributed by atoms with Gasteiger partial charge in [-0.15, -0.1) is 10.2 Å². The first-order chi connectivity index (χ1) is 13.1. The highest BCUT2D eigenvalue weighted by Crippen LogP contribution is 2.25. The second-order valence-electron chi connectivity index (χ2n) is 5.95. The average molecular weight is 381 g/mol. The number of nitrogens with zero attached hydrogens (tertiary/aromatic N) is 6. The van der Waals surface area contributed by atoms with Crippen LogP contribution >= 0.6 is 11.3 Å². The van der Waals surface area contributed by atoms with Crippen LogP contribution in [0.25, 0.3) is 21.4 Å². The van der Waals surface area contributed by atoms with Gasteiger partial charge in [0.05, 0.1) is 5.52 Å². The van der Waals surface area contributed by atoms with E-state index in [2.05, 4.69) is 25.3 Å². The van der Waals surface area contributed by atoms with Crippen LogP contribution in [0.5, 0.6) is 0 Å². The fourth-order valence-electron chi connectivity index (χ4n) is 2.89. The largest absolute Gasteiger partial charge is 0.404 e. The van der Waals surface area contributed by atoms with E-state index in [-0.39, 0.29) is 12.2 Å². The van der Waals surface area contributed by atoms with Crippen molar-refractivity contribution in [1.82, 2.24) is 24.8 Å². The Morgan fingerprint density at radius 3 is 3.00 bits per heavy atom. The summed E-state index contributed by atoms with van der Waals surface area (Å²) in [7, 11) is 1.65. The van der Waals surface area contributed by atoms with Crippen LogP contribution in [0.4, 0.5) is 4.39 Å². The predicted octanol–water partition coefficient (Wildman–Crippen LogP) is 2.77. The zero-order valence-corrected chi connectivity index (χ0v) is 15.5. The van der Waals surface area contributed by atoms with Gasteiger partial charge in [0.15, 0.2) is 5.82 Å². The van der Waals surface area contributed by atoms with Crippen LogP contribution in [0.2, 0.25) is 0 Å². The smallest absolute Gasteiger partial charge is 0.234 e. The van der Waals surface area contributed by atoms with E-state index in [1.165, 1.54) is 17.5 Å². The maximum Gasteiger partial charge on any atom is 0.234 e. The van der Waals surface area contributed by atoms with Crippen LogP contribution in [-0.2, 0) is 6.42 Å². The first kappa shape index (κ1) is 17.2. The van der Waals surface area contributed by atoms with Crippen LogP contribution in [0.3, 0.4) is 0 Å². The number of pyridine rings is 1. The summed E-state index contributed by atoms with van der Waals surface area (Å²) in [6.45, 7) is 1.90. The highest BCUT2D eigenvalue weighted by molar-refractivity contribution is 7.16. The topological polar surface area (TPSA) is 94.3 Å². The molecule has 4 aromatic rings. The molecule has 0 aliphatic carbocycles. The van der Waals surface area contributed by atoms with Crippen LogP contribution < -0.4 is 5.73 Å². The van der Waals surface area contributed by atoms with Crippen molar-refractivity contribution in [2.24, 2.45) is 10.7 Å². The number of aromatic nitrogens is 5. The van der Waals surface area contributed by atoms with E-state index in [1.807, 2.05) is 6.92 Å². The fraction of sp³-hybridized carbons (Fsp3) is 0.167. The summed E-state index contributed by atoms with van der Waals surface area (Å²) in [6.07, 6.45) is 4.98. The zero-order chi connectivity index (χ0) is 19.0. The Kier molecular flexibility index (Phi) is 4.36. The molecule has 2 N–H and O–H groups in total. The number of hydrogen-bond acceptors (Lipinski definition) is 7. The van der Waals surface area contributed by atoms with Gasteiger partial charge >= 0.3 is 0 Å². The third-order valence-electron chi connectivity index (χ3n) is 4.17. The molecular weight excluding hydrogens is 365 g/mol. The van der Waals surface area contributed by atoms with Crippen molar-refractivity contribution >= 4 is 39.0 Å². The van der Waals surface area contributed by atoms with Crippen molar-refractivity contribution in [2.45, 2.75) is 13.3 Å². The standard InChI is InChI=1S/C18H16FN7S/c1-10-25-26-16(23-24-18(26)27-10)6-11-3-4-15-14(17(11)19)5-12(9-22-15)13(7-20)8-21-2/h3-5,7-9H,6,20H2,1-2H3/b13-7+,21-8?. The zero-order valence-electron chi connectivity index (χ0n) is 14.7. The summed E-state index contributed by atoms with van der Waals surface area (Å²) in [6, 6.07) is 5.24. The molecule has 0 saturated carbocycles. The molecular formula is C18H16FN7S. The van der Waals surface area contributed by atoms with Crippen LogP contribution in [0, 0.1) is 12.7 Å². The van der Waals surface area contributed by atoms with Gasteiger partial charge in [0.2, 0.25) is 4.96 Å². The molecule has 27 heavy (non-hydrogen) atoms. The molecule has 9 heteroatoms. The Labute approximate surface area is 158 Å². The second-order valence-corrected chi connectivity index (χ2v) is 7.11. The van der Waals surface area contributed by atoms with E-state index in [0.29, 0.717) is 38.4 Å². The molecule has 3 heterocycles. The van der Waals surface area contributed by atoms with E-state index in [9.17, 15) is 0 Å². The minimum absolute atomic E-state index is 0.284. The molecule has 1 aromatic carbocycles. The van der Waals surface area contributed by atoms with Crippen LogP contribution in [0.1, 0.15) is 22.0 Å². The van der Waals surface area contributed by atoms with E-state index in [4.69, 9.17) is 5.73 Å². The monoisotopic (exact) mass is 381 g/mol. The Bertz CT molecular complexity index is 1210. The summed E-state index contributed by atoms with van der Waals surface area (Å²) in [5.41, 5.74) is 8.10. The lowest BCUT2D eigenvalue weighted by molar-refractivity contribution is 0.622. The number of aliphatic imine (C=N–C) groups is 1. The van der Waals surface area contributed by atoms with Crippen LogP contribution in [-0.4, -0.2) is 38.1 Å². The molecule has 0 spiro atoms. The van der Waals surface area contributed by atoms with Gasteiger partial charge in [0.25, 0.3) is 0 Å². The molecule has 0 saturated heterocycles. The number of hydrogen-bond donors (Lipinski definition) is 1. The molecule has 0 amide bonds. The van der Waals surface area contributed by atoms with Gasteiger partial charge in [-0.3, -0.25) is 9.98 Å². The normalized spacial score (nSPS) is 12.6. The number of allylic oxidation sites excluding steroid dienone is 1. The quantitative estimate of drug-likeness (QED) is 0.549. The average Bonchev–Trinajstić information content (AvgIpc) is 3.21. The minimum Gasteiger partial charge on any atom is -0.404 e. The van der Waals surface area contributed by atoms with Crippen LogP contribution in [0.15, 0.2) is 35.6 Å². The second kappa shape index (κ2) is 6.84. The predicted molar refractivity (Wildman–Crippen MR) is 104 cm³/mol. The molecule has 4 rings (SSSR count). The molecule has 3 aromatic heterocycles. The molecule has 0 aliphatic rings. The van der Waals surface area contributed by atoms with Crippen molar-refractivity contribution in [2.75, 3.05) is 7.05 Å². The van der Waals surface area contributed by atoms with E-state index < -0.39 is 0 Å². The van der Waals surface area contributed by atoms with Gasteiger partial charge in [-0.1, -0.05) is 17.4 Å². The number of halogens is 1. The summed E-state index contributed by atoms with van der Waals surface area (Å²) in [4.78, 5) is 9.01. The molecule has 0 atom stereocenters. The summed E-state index contributed by atoms with van der Waals surface area (Å²) >= 11 is 1.45. The Morgan fingerprint density at radius 1 is 1.37 bits per heavy atom. The molecule has 0 radical (unpaired) electrons. The van der Waals surface area contributed by atoms with Crippen molar-refractivity contribution in [3.8, 4) is 0 Å². The molecule has 7 nitrogen and oxygen atoms in total. The van der Waals surface area contributed by atoms with Crippen molar-refractivity contribution < 1.29 is 4.39 Å². The summed E-state index contributed by atoms with van der Waals surface area (Å²) < 4.78 is 16.9. The molecule has 0 aliphatic heterocycles. The highest BCUT2D eigenvalue weighted by atomic mass is 32.1. The third kappa shape index (κ3) is 3.06. The summed E-state index contributed by atoms with van der Waals surface area (Å²) in [5, 5.41) is 13.9. The molecule has 0 fully saturated rings. The number of nitrogens with two attached hydrogens (primary N) is 1. The van der Waals surface area contributed by atoms with Crippen molar-refractivity contribution in [3.63, 3.8) is 0 Å². The number of aryl methyl sites for hydroxylation is 1. The van der Waals surface area contributed by atoms with Gasteiger partial charge in [-0.2, -0.15) is 9.61 Å². The Morgan fingerprint density at radius 2 is 2.22 bits per heavy atom. The number of benzene rings is 1. The number of fused-ring (bicyclic) bond motifs is 2. The SMILES string of the molecule is CN=C/C(=C\N)c1cnc2ccc(Cc3nnc4sc(C)nn34)c(F)c2c1. The molecule has 0 bridgehead atoms. The van der Waals surface area contributed by atoms with Gasteiger partial charge in [-0.05, 0) is 24.6 Å². The van der Waals surface area contributed by atoms with E-state index in [1.54, 1.807) is 42.2 Å². The van der Waals surface area contributed by atoms with Crippen molar-refractivity contribution in [3.05, 3.63) is 58.4 Å². The summed E-state index contributed by atoms with van der Waals surface area (Å²) in [5.74, 6) is 0.257. The van der Waals surface area contributed by atoms with Gasteiger partial charge < -0.3 is 5.73 Å². The lowest BCUT2D eigenvalue weighted by Crippen LogP contribution is -2.01. The van der Waals surface area contributed by atoms with Gasteiger partial charge in [-0.25, -0.2) is 4.39 Å². The minimum atomic E-state index is -0.338. The van der Waals surface area contributed by atoms with E-state index in [0.717, 1.165) is 5.01 Å². The Hall–Kier alpha value is -3.20. The first-order valence-corrected chi connectivity index (χ1v) is 9.01. The van der Waals surface area contributed by atoms with Gasteiger partial charge in [0.1, 0.15) is 10.8 Å². The third-order valence-corrected chi connectivity index (χ3v) is 4.98. The number of rotatable bonds is 4. The first-order valence-electron chi connectivity index (χ1n) is 8.20.